The minimum Gasteiger partial charge on any atom is -0.492 e. The first kappa shape index (κ1) is 12.7. The Morgan fingerprint density at radius 3 is 2.89 bits per heavy atom. The van der Waals surface area contributed by atoms with Crippen molar-refractivity contribution < 1.29 is 24.1 Å². The summed E-state index contributed by atoms with van der Waals surface area (Å²) >= 11 is 0. The Morgan fingerprint density at radius 2 is 2.28 bits per heavy atom. The molecule has 1 N–H and O–H groups in total. The van der Waals surface area contributed by atoms with E-state index in [4.69, 9.17) is 19.3 Å². The molecule has 0 bridgehead atoms. The topological polar surface area (TPSA) is 65.0 Å². The van der Waals surface area contributed by atoms with E-state index in [-0.39, 0.29) is 6.10 Å². The molecule has 98 valence electrons. The van der Waals surface area contributed by atoms with E-state index in [9.17, 15) is 4.79 Å². The molecule has 5 nitrogen and oxygen atoms in total. The zero-order chi connectivity index (χ0) is 13.3. The Kier molecular flexibility index (Phi) is 3.43. The maximum atomic E-state index is 12.0. The fraction of sp³-hybridized carbons (Fsp3) is 0.462. The number of esters is 1. The van der Waals surface area contributed by atoms with Crippen molar-refractivity contribution in [2.75, 3.05) is 13.9 Å². The lowest BCUT2D eigenvalue weighted by atomic mass is 9.93. The summed E-state index contributed by atoms with van der Waals surface area (Å²) in [6.07, 6.45) is 0.515. The summed E-state index contributed by atoms with van der Waals surface area (Å²) in [4.78, 5) is 12.0. The fourth-order valence-corrected chi connectivity index (χ4v) is 2.24. The van der Waals surface area contributed by atoms with Gasteiger partial charge in [-0.25, -0.2) is 4.79 Å². The molecular formula is C13H16O5. The normalized spacial score (nSPS) is 18.0. The molecule has 1 atom stereocenters. The Labute approximate surface area is 105 Å². The van der Waals surface area contributed by atoms with Gasteiger partial charge in [-0.1, -0.05) is 0 Å². The molecule has 0 aromatic heterocycles. The third-order valence-corrected chi connectivity index (χ3v) is 3.00. The second-order valence-electron chi connectivity index (χ2n) is 4.27. The number of hydrogen-bond acceptors (Lipinski definition) is 5. The highest BCUT2D eigenvalue weighted by molar-refractivity contribution is 5.96. The van der Waals surface area contributed by atoms with Gasteiger partial charge >= 0.3 is 5.97 Å². The second kappa shape index (κ2) is 4.86. The van der Waals surface area contributed by atoms with Gasteiger partial charge in [0.15, 0.2) is 18.3 Å². The number of methoxy groups -OCH3 is 1. The van der Waals surface area contributed by atoms with E-state index in [0.717, 1.165) is 11.1 Å². The molecular weight excluding hydrogens is 236 g/mol. The Bertz CT molecular complexity index is 481. The molecule has 1 aliphatic rings. The number of aliphatic hydroxyl groups excluding tert-OH is 1. The van der Waals surface area contributed by atoms with E-state index in [2.05, 4.69) is 0 Å². The third-order valence-electron chi connectivity index (χ3n) is 3.00. The van der Waals surface area contributed by atoms with Crippen LogP contribution in [0.25, 0.3) is 0 Å². The monoisotopic (exact) mass is 252 g/mol. The van der Waals surface area contributed by atoms with Gasteiger partial charge in [-0.2, -0.15) is 0 Å². The van der Waals surface area contributed by atoms with E-state index in [1.54, 1.807) is 6.07 Å². The molecule has 0 saturated carbocycles. The van der Waals surface area contributed by atoms with Gasteiger partial charge in [-0.15, -0.1) is 0 Å². The van der Waals surface area contributed by atoms with Crippen molar-refractivity contribution in [2.24, 2.45) is 0 Å². The molecule has 0 fully saturated rings. The molecule has 0 radical (unpaired) electrons. The number of ether oxygens (including phenoxy) is 3. The lowest BCUT2D eigenvalue weighted by Gasteiger charge is -2.26. The molecule has 1 aromatic carbocycles. The maximum absolute atomic E-state index is 12.0. The van der Waals surface area contributed by atoms with Crippen LogP contribution in [0.5, 0.6) is 11.5 Å². The summed E-state index contributed by atoms with van der Waals surface area (Å²) < 4.78 is 15.5. The lowest BCUT2D eigenvalue weighted by molar-refractivity contribution is 0.0292. The van der Waals surface area contributed by atoms with E-state index in [1.165, 1.54) is 7.11 Å². The van der Waals surface area contributed by atoms with Gasteiger partial charge in [0.1, 0.15) is 11.7 Å². The third kappa shape index (κ3) is 2.01. The second-order valence-corrected chi connectivity index (χ2v) is 4.27. The van der Waals surface area contributed by atoms with Crippen LogP contribution in [-0.2, 0) is 11.2 Å². The number of aryl methyl sites for hydroxylation is 1. The SMILES string of the molecule is COc1c(OCO)cc(C)c2c1C(=O)OC(C)C2. The van der Waals surface area contributed by atoms with Gasteiger partial charge in [0.2, 0.25) is 0 Å². The Balaban J connectivity index is 2.62. The van der Waals surface area contributed by atoms with Gasteiger partial charge in [-0.3, -0.25) is 0 Å². The molecule has 1 heterocycles. The van der Waals surface area contributed by atoms with Crippen LogP contribution in [0.15, 0.2) is 6.07 Å². The molecule has 1 aromatic rings. The van der Waals surface area contributed by atoms with Crippen LogP contribution in [0.4, 0.5) is 0 Å². The van der Waals surface area contributed by atoms with Crippen molar-refractivity contribution in [3.63, 3.8) is 0 Å². The number of carbonyl (C=O) groups excluding carboxylic acids is 1. The highest BCUT2D eigenvalue weighted by Crippen LogP contribution is 2.39. The molecule has 18 heavy (non-hydrogen) atoms. The Morgan fingerprint density at radius 1 is 1.56 bits per heavy atom. The van der Waals surface area contributed by atoms with Crippen molar-refractivity contribution in [2.45, 2.75) is 26.4 Å². The van der Waals surface area contributed by atoms with E-state index < -0.39 is 12.8 Å². The molecule has 1 unspecified atom stereocenters. The minimum atomic E-state index is -0.472. The van der Waals surface area contributed by atoms with E-state index in [1.807, 2.05) is 13.8 Å². The lowest BCUT2D eigenvalue weighted by Crippen LogP contribution is -2.26. The predicted molar refractivity (Wildman–Crippen MR) is 64.0 cm³/mol. The van der Waals surface area contributed by atoms with Crippen molar-refractivity contribution in [1.29, 1.82) is 0 Å². The predicted octanol–water partition coefficient (Wildman–Crippen LogP) is 1.43. The summed E-state index contributed by atoms with van der Waals surface area (Å²) in [5.74, 6) is 0.261. The smallest absolute Gasteiger partial charge is 0.342 e. The average Bonchev–Trinajstić information content (AvgIpc) is 2.31. The molecule has 0 amide bonds. The molecule has 5 heteroatoms. The van der Waals surface area contributed by atoms with Gasteiger partial charge in [0.25, 0.3) is 0 Å². The van der Waals surface area contributed by atoms with Crippen molar-refractivity contribution in [1.82, 2.24) is 0 Å². The van der Waals surface area contributed by atoms with Crippen molar-refractivity contribution in [3.05, 3.63) is 22.8 Å². The highest BCUT2D eigenvalue weighted by Gasteiger charge is 2.31. The first-order valence-corrected chi connectivity index (χ1v) is 5.73. The fourth-order valence-electron chi connectivity index (χ4n) is 2.24. The Hall–Kier alpha value is -1.75. The van der Waals surface area contributed by atoms with Crippen LogP contribution >= 0.6 is 0 Å². The molecule has 0 aliphatic carbocycles. The van der Waals surface area contributed by atoms with Gasteiger partial charge in [-0.05, 0) is 31.0 Å². The summed E-state index contributed by atoms with van der Waals surface area (Å²) in [7, 11) is 1.46. The van der Waals surface area contributed by atoms with Gasteiger partial charge < -0.3 is 19.3 Å². The van der Waals surface area contributed by atoms with Crippen molar-refractivity contribution in [3.8, 4) is 11.5 Å². The first-order valence-electron chi connectivity index (χ1n) is 5.73. The number of aliphatic hydroxyl groups is 1. The number of fused-ring (bicyclic) bond motifs is 1. The van der Waals surface area contributed by atoms with Gasteiger partial charge in [0, 0.05) is 6.42 Å². The van der Waals surface area contributed by atoms with Crippen molar-refractivity contribution >= 4 is 5.97 Å². The molecule has 2 rings (SSSR count). The zero-order valence-corrected chi connectivity index (χ0v) is 10.6. The van der Waals surface area contributed by atoms with Crippen LogP contribution in [-0.4, -0.2) is 31.1 Å². The highest BCUT2D eigenvalue weighted by atomic mass is 16.6. The number of hydrogen-bond donors (Lipinski definition) is 1. The van der Waals surface area contributed by atoms with Crippen LogP contribution in [0.1, 0.15) is 28.4 Å². The molecule has 1 aliphatic heterocycles. The zero-order valence-electron chi connectivity index (χ0n) is 10.6. The van der Waals surface area contributed by atoms with Crippen LogP contribution in [0, 0.1) is 6.92 Å². The molecule has 0 spiro atoms. The van der Waals surface area contributed by atoms with Crippen LogP contribution in [0.2, 0.25) is 0 Å². The van der Waals surface area contributed by atoms with E-state index >= 15 is 0 Å². The summed E-state index contributed by atoms with van der Waals surface area (Å²) in [6.45, 7) is 3.28. The first-order chi connectivity index (χ1) is 8.58. The minimum absolute atomic E-state index is 0.141. The largest absolute Gasteiger partial charge is 0.492 e. The maximum Gasteiger partial charge on any atom is 0.342 e. The van der Waals surface area contributed by atoms with Crippen LogP contribution in [0.3, 0.4) is 0 Å². The average molecular weight is 252 g/mol. The van der Waals surface area contributed by atoms with E-state index in [0.29, 0.717) is 23.5 Å². The number of benzene rings is 1. The number of carbonyl (C=O) groups is 1. The standard InChI is InChI=1S/C13H16O5/c1-7-4-10(17-6-14)12(16-3)11-9(7)5-8(2)18-13(11)15/h4,8,14H,5-6H2,1-3H3. The quantitative estimate of drug-likeness (QED) is 0.651. The summed E-state index contributed by atoms with van der Waals surface area (Å²) in [6, 6.07) is 1.76. The number of rotatable bonds is 3. The molecule has 0 saturated heterocycles. The van der Waals surface area contributed by atoms with Gasteiger partial charge in [0.05, 0.1) is 7.11 Å². The number of cyclic esters (lactones) is 1. The summed E-state index contributed by atoms with van der Waals surface area (Å²) in [5.41, 5.74) is 2.25. The van der Waals surface area contributed by atoms with Crippen LogP contribution < -0.4 is 9.47 Å². The summed E-state index contributed by atoms with van der Waals surface area (Å²) in [5, 5.41) is 8.85.